The van der Waals surface area contributed by atoms with Crippen molar-refractivity contribution in [3.05, 3.63) is 35.7 Å². The first kappa shape index (κ1) is 16.1. The Labute approximate surface area is 138 Å². The molecule has 1 aromatic heterocycles. The number of nitrogens with zero attached hydrogens (tertiary/aromatic N) is 3. The summed E-state index contributed by atoms with van der Waals surface area (Å²) < 4.78 is 5.47. The zero-order valence-corrected chi connectivity index (χ0v) is 14.2. The maximum Gasteiger partial charge on any atom is 0.243 e. The highest BCUT2D eigenvalue weighted by Crippen LogP contribution is 2.21. The second kappa shape index (κ2) is 7.23. The number of piperidine rings is 1. The van der Waals surface area contributed by atoms with E-state index in [9.17, 15) is 0 Å². The molecule has 0 bridgehead atoms. The van der Waals surface area contributed by atoms with E-state index in [0.717, 1.165) is 25.1 Å². The zero-order valence-electron chi connectivity index (χ0n) is 14.2. The summed E-state index contributed by atoms with van der Waals surface area (Å²) >= 11 is 0. The standard InChI is InChI=1S/C18H26N4O/c1-4-14-5-7-15(8-6-14)17-20-18(23-21-17)13(2)19-16-9-11-22(3)12-10-16/h5-8,13,16,19H,4,9-12H2,1-3H3. The van der Waals surface area contributed by atoms with Crippen molar-refractivity contribution >= 4 is 0 Å². The fraction of sp³-hybridized carbons (Fsp3) is 0.556. The van der Waals surface area contributed by atoms with E-state index in [1.54, 1.807) is 0 Å². The second-order valence-electron chi connectivity index (χ2n) is 6.47. The Morgan fingerprint density at radius 1 is 1.26 bits per heavy atom. The van der Waals surface area contributed by atoms with Crippen LogP contribution < -0.4 is 5.32 Å². The molecule has 1 unspecified atom stereocenters. The van der Waals surface area contributed by atoms with E-state index in [0.29, 0.717) is 17.8 Å². The average Bonchev–Trinajstić information content (AvgIpc) is 3.07. The van der Waals surface area contributed by atoms with Crippen molar-refractivity contribution in [1.29, 1.82) is 0 Å². The van der Waals surface area contributed by atoms with Gasteiger partial charge in [0.1, 0.15) is 0 Å². The third-order valence-electron chi connectivity index (χ3n) is 4.64. The first-order valence-electron chi connectivity index (χ1n) is 8.53. The van der Waals surface area contributed by atoms with Gasteiger partial charge >= 0.3 is 0 Å². The lowest BCUT2D eigenvalue weighted by atomic mass is 10.0. The van der Waals surface area contributed by atoms with Gasteiger partial charge in [-0.15, -0.1) is 0 Å². The molecule has 1 aliphatic rings. The van der Waals surface area contributed by atoms with Crippen LogP contribution in [0.15, 0.2) is 28.8 Å². The normalized spacial score (nSPS) is 18.2. The number of hydrogen-bond donors (Lipinski definition) is 1. The van der Waals surface area contributed by atoms with Gasteiger partial charge in [-0.05, 0) is 51.9 Å². The van der Waals surface area contributed by atoms with Crippen molar-refractivity contribution in [3.63, 3.8) is 0 Å². The van der Waals surface area contributed by atoms with Crippen LogP contribution >= 0.6 is 0 Å². The third kappa shape index (κ3) is 3.98. The van der Waals surface area contributed by atoms with Gasteiger partial charge in [-0.25, -0.2) is 0 Å². The Morgan fingerprint density at radius 2 is 1.96 bits per heavy atom. The summed E-state index contributed by atoms with van der Waals surface area (Å²) in [7, 11) is 2.17. The third-order valence-corrected chi connectivity index (χ3v) is 4.64. The van der Waals surface area contributed by atoms with Crippen LogP contribution in [-0.4, -0.2) is 41.2 Å². The van der Waals surface area contributed by atoms with Gasteiger partial charge in [0.05, 0.1) is 6.04 Å². The Hall–Kier alpha value is -1.72. The van der Waals surface area contributed by atoms with Crippen LogP contribution in [0.4, 0.5) is 0 Å². The number of benzene rings is 1. The van der Waals surface area contributed by atoms with E-state index < -0.39 is 0 Å². The smallest absolute Gasteiger partial charge is 0.243 e. The van der Waals surface area contributed by atoms with E-state index in [-0.39, 0.29) is 6.04 Å². The largest absolute Gasteiger partial charge is 0.337 e. The lowest BCUT2D eigenvalue weighted by Crippen LogP contribution is -2.41. The molecular weight excluding hydrogens is 288 g/mol. The van der Waals surface area contributed by atoms with Crippen molar-refractivity contribution < 1.29 is 4.52 Å². The Kier molecular flexibility index (Phi) is 5.08. The average molecular weight is 314 g/mol. The molecule has 1 N–H and O–H groups in total. The predicted octanol–water partition coefficient (Wildman–Crippen LogP) is 3.04. The topological polar surface area (TPSA) is 54.2 Å². The van der Waals surface area contributed by atoms with E-state index in [4.69, 9.17) is 4.52 Å². The monoisotopic (exact) mass is 314 g/mol. The molecule has 0 radical (unpaired) electrons. The second-order valence-corrected chi connectivity index (χ2v) is 6.47. The van der Waals surface area contributed by atoms with E-state index in [1.807, 2.05) is 0 Å². The van der Waals surface area contributed by atoms with Crippen LogP contribution in [-0.2, 0) is 6.42 Å². The summed E-state index contributed by atoms with van der Waals surface area (Å²) in [5, 5.41) is 7.75. The van der Waals surface area contributed by atoms with Crippen molar-refractivity contribution in [2.45, 2.75) is 45.2 Å². The molecule has 0 saturated carbocycles. The molecule has 0 amide bonds. The van der Waals surface area contributed by atoms with Crippen molar-refractivity contribution in [2.75, 3.05) is 20.1 Å². The molecule has 1 saturated heterocycles. The lowest BCUT2D eigenvalue weighted by molar-refractivity contribution is 0.217. The number of nitrogens with one attached hydrogen (secondary N) is 1. The summed E-state index contributed by atoms with van der Waals surface area (Å²) in [6.07, 6.45) is 3.37. The predicted molar refractivity (Wildman–Crippen MR) is 91.2 cm³/mol. The van der Waals surface area contributed by atoms with Gasteiger partial charge in [-0.1, -0.05) is 36.3 Å². The van der Waals surface area contributed by atoms with Crippen LogP contribution in [0.3, 0.4) is 0 Å². The fourth-order valence-electron chi connectivity index (χ4n) is 3.02. The maximum absolute atomic E-state index is 5.47. The number of hydrogen-bond acceptors (Lipinski definition) is 5. The number of rotatable bonds is 5. The molecule has 23 heavy (non-hydrogen) atoms. The molecule has 2 heterocycles. The van der Waals surface area contributed by atoms with Crippen molar-refractivity contribution in [2.24, 2.45) is 0 Å². The molecule has 5 heteroatoms. The Balaban J connectivity index is 1.63. The molecule has 3 rings (SSSR count). The molecule has 0 spiro atoms. The first-order valence-corrected chi connectivity index (χ1v) is 8.53. The van der Waals surface area contributed by atoms with Crippen LogP contribution in [0.5, 0.6) is 0 Å². The first-order chi connectivity index (χ1) is 11.2. The van der Waals surface area contributed by atoms with Gasteiger partial charge in [0.15, 0.2) is 0 Å². The van der Waals surface area contributed by atoms with Gasteiger partial charge in [-0.2, -0.15) is 4.98 Å². The van der Waals surface area contributed by atoms with Crippen LogP contribution in [0.25, 0.3) is 11.4 Å². The minimum Gasteiger partial charge on any atom is -0.337 e. The quantitative estimate of drug-likeness (QED) is 0.919. The van der Waals surface area contributed by atoms with Crippen LogP contribution in [0, 0.1) is 0 Å². The molecule has 0 aliphatic carbocycles. The molecule has 1 aromatic carbocycles. The minimum absolute atomic E-state index is 0.0829. The summed E-state index contributed by atoms with van der Waals surface area (Å²) in [5.74, 6) is 1.33. The van der Waals surface area contributed by atoms with E-state index in [2.05, 4.69) is 65.5 Å². The molecule has 2 aromatic rings. The van der Waals surface area contributed by atoms with Crippen molar-refractivity contribution in [1.82, 2.24) is 20.4 Å². The Morgan fingerprint density at radius 3 is 2.61 bits per heavy atom. The number of aromatic nitrogens is 2. The summed E-state index contributed by atoms with van der Waals surface area (Å²) in [6, 6.07) is 8.96. The SMILES string of the molecule is CCc1ccc(-c2noc(C(C)NC3CCN(C)CC3)n2)cc1. The van der Waals surface area contributed by atoms with Crippen LogP contribution in [0.1, 0.15) is 44.2 Å². The highest BCUT2D eigenvalue weighted by atomic mass is 16.5. The van der Waals surface area contributed by atoms with E-state index >= 15 is 0 Å². The summed E-state index contributed by atoms with van der Waals surface area (Å²) in [5.41, 5.74) is 2.32. The molecule has 1 aliphatic heterocycles. The van der Waals surface area contributed by atoms with Gasteiger partial charge in [-0.3, -0.25) is 0 Å². The number of aryl methyl sites for hydroxylation is 1. The van der Waals surface area contributed by atoms with Gasteiger partial charge in [0.2, 0.25) is 11.7 Å². The van der Waals surface area contributed by atoms with Gasteiger partial charge in [0, 0.05) is 11.6 Å². The zero-order chi connectivity index (χ0) is 16.2. The maximum atomic E-state index is 5.47. The molecule has 1 fully saturated rings. The summed E-state index contributed by atoms with van der Waals surface area (Å²) in [6.45, 7) is 6.53. The Bertz CT molecular complexity index is 614. The molecule has 124 valence electrons. The van der Waals surface area contributed by atoms with Gasteiger partial charge < -0.3 is 14.7 Å². The molecule has 1 atom stereocenters. The molecular formula is C18H26N4O. The van der Waals surface area contributed by atoms with Crippen LogP contribution in [0.2, 0.25) is 0 Å². The fourth-order valence-corrected chi connectivity index (χ4v) is 3.02. The van der Waals surface area contributed by atoms with Gasteiger partial charge in [0.25, 0.3) is 0 Å². The highest BCUT2D eigenvalue weighted by molar-refractivity contribution is 5.54. The number of likely N-dealkylation sites (tertiary alicyclic amines) is 1. The minimum atomic E-state index is 0.0829. The van der Waals surface area contributed by atoms with E-state index in [1.165, 1.54) is 18.4 Å². The molecule has 5 nitrogen and oxygen atoms in total. The summed E-state index contributed by atoms with van der Waals surface area (Å²) in [4.78, 5) is 6.93. The lowest BCUT2D eigenvalue weighted by Gasteiger charge is -2.30. The van der Waals surface area contributed by atoms with Crippen molar-refractivity contribution in [3.8, 4) is 11.4 Å². The highest BCUT2D eigenvalue weighted by Gasteiger charge is 2.22.